The summed E-state index contributed by atoms with van der Waals surface area (Å²) in [6.45, 7) is 1.29. The van der Waals surface area contributed by atoms with Gasteiger partial charge in [0.25, 0.3) is 0 Å². The summed E-state index contributed by atoms with van der Waals surface area (Å²) in [5.41, 5.74) is 1.67. The number of guanidine groups is 1. The van der Waals surface area contributed by atoms with Gasteiger partial charge in [-0.25, -0.2) is 9.37 Å². The van der Waals surface area contributed by atoms with Gasteiger partial charge in [0.2, 0.25) is 0 Å². The molecule has 1 aromatic carbocycles. The maximum Gasteiger partial charge on any atom is 0.191 e. The van der Waals surface area contributed by atoms with Crippen molar-refractivity contribution in [3.63, 3.8) is 0 Å². The molecular formula is C19H25BrFN5. The monoisotopic (exact) mass is 421 g/mol. The lowest BCUT2D eigenvalue weighted by atomic mass is 10.1. The van der Waals surface area contributed by atoms with E-state index in [1.54, 1.807) is 7.05 Å². The van der Waals surface area contributed by atoms with Crippen molar-refractivity contribution in [1.29, 1.82) is 0 Å². The summed E-state index contributed by atoms with van der Waals surface area (Å²) in [7, 11) is 5.66. The van der Waals surface area contributed by atoms with Gasteiger partial charge in [0, 0.05) is 32.2 Å². The normalized spacial score (nSPS) is 11.3. The fourth-order valence-electron chi connectivity index (χ4n) is 2.42. The van der Waals surface area contributed by atoms with Crippen molar-refractivity contribution in [3.8, 4) is 0 Å². The summed E-state index contributed by atoms with van der Waals surface area (Å²) in [4.78, 5) is 10.7. The molecule has 0 aliphatic carbocycles. The molecule has 26 heavy (non-hydrogen) atoms. The summed E-state index contributed by atoms with van der Waals surface area (Å²) in [6.07, 6.45) is 1.49. The standard InChI is InChI=1S/C19H25BrFN5/c1-22-19(24-13-16-7-4-8-18(25-16)26(2)3)23-11-5-6-14-9-10-15(20)12-17(14)21/h4,7-10,12H,5-6,11,13H2,1-3H3,(H2,22,23,24). The van der Waals surface area contributed by atoms with Crippen LogP contribution in [0.5, 0.6) is 0 Å². The van der Waals surface area contributed by atoms with Gasteiger partial charge < -0.3 is 15.5 Å². The molecule has 140 valence electrons. The number of halogens is 2. The molecule has 2 N–H and O–H groups in total. The number of rotatable bonds is 7. The van der Waals surface area contributed by atoms with Crippen LogP contribution in [0, 0.1) is 5.82 Å². The number of aliphatic imine (C=N–C) groups is 1. The molecule has 7 heteroatoms. The highest BCUT2D eigenvalue weighted by Gasteiger charge is 2.04. The lowest BCUT2D eigenvalue weighted by molar-refractivity contribution is 0.601. The maximum absolute atomic E-state index is 13.8. The van der Waals surface area contributed by atoms with Gasteiger partial charge in [-0.05, 0) is 42.7 Å². The molecule has 1 aromatic heterocycles. The van der Waals surface area contributed by atoms with Crippen molar-refractivity contribution >= 4 is 27.7 Å². The summed E-state index contributed by atoms with van der Waals surface area (Å²) in [6, 6.07) is 11.1. The molecule has 0 unspecified atom stereocenters. The number of pyridine rings is 1. The highest BCUT2D eigenvalue weighted by atomic mass is 79.9. The smallest absolute Gasteiger partial charge is 0.191 e. The molecule has 0 spiro atoms. The third-order valence-electron chi connectivity index (χ3n) is 3.84. The van der Waals surface area contributed by atoms with Crippen LogP contribution >= 0.6 is 15.9 Å². The zero-order chi connectivity index (χ0) is 18.9. The molecule has 5 nitrogen and oxygen atoms in total. The molecule has 0 bridgehead atoms. The van der Waals surface area contributed by atoms with Crippen LogP contribution in [0.2, 0.25) is 0 Å². The van der Waals surface area contributed by atoms with Crippen molar-refractivity contribution in [2.75, 3.05) is 32.6 Å². The topological polar surface area (TPSA) is 52.6 Å². The molecule has 2 rings (SSSR count). The zero-order valence-electron chi connectivity index (χ0n) is 15.4. The minimum absolute atomic E-state index is 0.172. The molecule has 2 aromatic rings. The van der Waals surface area contributed by atoms with Crippen molar-refractivity contribution in [1.82, 2.24) is 15.6 Å². The van der Waals surface area contributed by atoms with Crippen LogP contribution in [0.15, 0.2) is 45.9 Å². The Hall–Kier alpha value is -2.15. The van der Waals surface area contributed by atoms with E-state index in [9.17, 15) is 4.39 Å². The molecule has 1 heterocycles. The van der Waals surface area contributed by atoms with E-state index < -0.39 is 0 Å². The van der Waals surface area contributed by atoms with E-state index in [0.717, 1.165) is 28.0 Å². The second kappa shape index (κ2) is 10.1. The predicted molar refractivity (Wildman–Crippen MR) is 109 cm³/mol. The molecule has 0 atom stereocenters. The second-order valence-electron chi connectivity index (χ2n) is 6.07. The van der Waals surface area contributed by atoms with Gasteiger partial charge in [-0.1, -0.05) is 28.1 Å². The lowest BCUT2D eigenvalue weighted by Crippen LogP contribution is -2.37. The molecule has 0 radical (unpaired) electrons. The quantitative estimate of drug-likeness (QED) is 0.408. The highest BCUT2D eigenvalue weighted by Crippen LogP contribution is 2.16. The van der Waals surface area contributed by atoms with Crippen molar-refractivity contribution < 1.29 is 4.39 Å². The minimum Gasteiger partial charge on any atom is -0.363 e. The van der Waals surface area contributed by atoms with Gasteiger partial charge >= 0.3 is 0 Å². The summed E-state index contributed by atoms with van der Waals surface area (Å²) >= 11 is 3.27. The number of anilines is 1. The van der Waals surface area contributed by atoms with E-state index in [0.29, 0.717) is 25.5 Å². The number of hydrogen-bond donors (Lipinski definition) is 2. The van der Waals surface area contributed by atoms with Gasteiger partial charge in [0.15, 0.2) is 5.96 Å². The number of benzene rings is 1. The Balaban J connectivity index is 1.76. The first kappa shape index (κ1) is 20.2. The van der Waals surface area contributed by atoms with Gasteiger partial charge in [-0.3, -0.25) is 4.99 Å². The molecule has 0 saturated carbocycles. The Kier molecular flexibility index (Phi) is 7.84. The highest BCUT2D eigenvalue weighted by molar-refractivity contribution is 9.10. The third-order valence-corrected chi connectivity index (χ3v) is 4.33. The van der Waals surface area contributed by atoms with Crippen molar-refractivity contribution in [3.05, 3.63) is 57.9 Å². The van der Waals surface area contributed by atoms with E-state index in [2.05, 4.69) is 36.5 Å². The first-order valence-corrected chi connectivity index (χ1v) is 9.30. The molecule has 0 aliphatic rings. The fourth-order valence-corrected chi connectivity index (χ4v) is 2.75. The third kappa shape index (κ3) is 6.29. The molecule has 0 fully saturated rings. The van der Waals surface area contributed by atoms with Crippen molar-refractivity contribution in [2.45, 2.75) is 19.4 Å². The number of aryl methyl sites for hydroxylation is 1. The Morgan fingerprint density at radius 1 is 1.23 bits per heavy atom. The Labute approximate surface area is 162 Å². The van der Waals surface area contributed by atoms with E-state index in [1.807, 2.05) is 49.3 Å². The first-order chi connectivity index (χ1) is 12.5. The zero-order valence-corrected chi connectivity index (χ0v) is 17.0. The Morgan fingerprint density at radius 3 is 2.73 bits per heavy atom. The summed E-state index contributed by atoms with van der Waals surface area (Å²) in [5, 5.41) is 6.49. The number of hydrogen-bond acceptors (Lipinski definition) is 3. The van der Waals surface area contributed by atoms with Crippen LogP contribution in [-0.2, 0) is 13.0 Å². The second-order valence-corrected chi connectivity index (χ2v) is 6.99. The number of aromatic nitrogens is 1. The molecule has 0 aliphatic heterocycles. The fraction of sp³-hybridized carbons (Fsp3) is 0.368. The number of nitrogens with zero attached hydrogens (tertiary/aromatic N) is 3. The largest absolute Gasteiger partial charge is 0.363 e. The average Bonchev–Trinajstić information content (AvgIpc) is 2.62. The van der Waals surface area contributed by atoms with Crippen LogP contribution in [0.25, 0.3) is 0 Å². The van der Waals surface area contributed by atoms with E-state index >= 15 is 0 Å². The SMILES string of the molecule is CN=C(NCCCc1ccc(Br)cc1F)NCc1cccc(N(C)C)n1. The molecule has 0 amide bonds. The van der Waals surface area contributed by atoms with Crippen molar-refractivity contribution in [2.24, 2.45) is 4.99 Å². The molecule has 0 saturated heterocycles. The average molecular weight is 422 g/mol. The molecular weight excluding hydrogens is 397 g/mol. The summed E-state index contributed by atoms with van der Waals surface area (Å²) < 4.78 is 14.6. The Bertz CT molecular complexity index is 748. The maximum atomic E-state index is 13.8. The van der Waals surface area contributed by atoms with Crippen LogP contribution in [0.4, 0.5) is 10.2 Å². The predicted octanol–water partition coefficient (Wildman–Crippen LogP) is 3.35. The van der Waals surface area contributed by atoms with Gasteiger partial charge in [-0.15, -0.1) is 0 Å². The van der Waals surface area contributed by atoms with E-state index in [-0.39, 0.29) is 5.82 Å². The van der Waals surface area contributed by atoms with E-state index in [1.165, 1.54) is 6.07 Å². The summed E-state index contributed by atoms with van der Waals surface area (Å²) in [5.74, 6) is 1.45. The van der Waals surface area contributed by atoms with Crippen LogP contribution in [0.3, 0.4) is 0 Å². The van der Waals surface area contributed by atoms with Crippen LogP contribution in [-0.4, -0.2) is 38.6 Å². The number of nitrogens with one attached hydrogen (secondary N) is 2. The van der Waals surface area contributed by atoms with Gasteiger partial charge in [0.1, 0.15) is 11.6 Å². The van der Waals surface area contributed by atoms with Crippen LogP contribution in [0.1, 0.15) is 17.7 Å². The van der Waals surface area contributed by atoms with Crippen LogP contribution < -0.4 is 15.5 Å². The van der Waals surface area contributed by atoms with Gasteiger partial charge in [0.05, 0.1) is 12.2 Å². The first-order valence-electron chi connectivity index (χ1n) is 8.51. The van der Waals surface area contributed by atoms with Gasteiger partial charge in [-0.2, -0.15) is 0 Å². The lowest BCUT2D eigenvalue weighted by Gasteiger charge is -2.14. The minimum atomic E-state index is -0.172. The Morgan fingerprint density at radius 2 is 2.04 bits per heavy atom. The van der Waals surface area contributed by atoms with E-state index in [4.69, 9.17) is 0 Å².